The number of aryl methyl sites for hydroxylation is 2. The first-order chi connectivity index (χ1) is 9.95. The van der Waals surface area contributed by atoms with Gasteiger partial charge in [0, 0.05) is 36.3 Å². The number of hydrogen-bond acceptors (Lipinski definition) is 4. The lowest BCUT2D eigenvalue weighted by Crippen LogP contribution is -2.39. The molecule has 0 spiro atoms. The molecule has 1 aromatic rings. The molecule has 1 atom stereocenters. The summed E-state index contributed by atoms with van der Waals surface area (Å²) >= 11 is 0. The van der Waals surface area contributed by atoms with Gasteiger partial charge in [-0.1, -0.05) is 0 Å². The summed E-state index contributed by atoms with van der Waals surface area (Å²) < 4.78 is 0. The normalized spacial score (nSPS) is 19.9. The minimum Gasteiger partial charge on any atom is -0.481 e. The molecule has 1 fully saturated rings. The van der Waals surface area contributed by atoms with Crippen molar-refractivity contribution in [1.29, 1.82) is 0 Å². The average molecular weight is 291 g/mol. The third-order valence-corrected chi connectivity index (χ3v) is 4.11. The summed E-state index contributed by atoms with van der Waals surface area (Å²) in [6, 6.07) is 2.56. The van der Waals surface area contributed by atoms with Gasteiger partial charge in [0.1, 0.15) is 5.82 Å². The molecule has 0 aromatic carbocycles. The van der Waals surface area contributed by atoms with Crippen LogP contribution in [-0.2, 0) is 11.2 Å². The molecule has 21 heavy (non-hydrogen) atoms. The summed E-state index contributed by atoms with van der Waals surface area (Å²) in [4.78, 5) is 22.2. The van der Waals surface area contributed by atoms with Crippen LogP contribution in [0.1, 0.15) is 56.2 Å². The van der Waals surface area contributed by atoms with Crippen LogP contribution in [0.3, 0.4) is 0 Å². The second kappa shape index (κ2) is 6.98. The van der Waals surface area contributed by atoms with Crippen molar-refractivity contribution in [3.8, 4) is 0 Å². The van der Waals surface area contributed by atoms with Gasteiger partial charge in [0.25, 0.3) is 0 Å². The van der Waals surface area contributed by atoms with Crippen molar-refractivity contribution < 1.29 is 9.90 Å². The van der Waals surface area contributed by atoms with Gasteiger partial charge in [0.2, 0.25) is 0 Å². The Balaban J connectivity index is 2.13. The van der Waals surface area contributed by atoms with Crippen LogP contribution in [0.15, 0.2) is 6.07 Å². The lowest BCUT2D eigenvalue weighted by molar-refractivity contribution is -0.136. The van der Waals surface area contributed by atoms with Crippen molar-refractivity contribution in [3.63, 3.8) is 0 Å². The third-order valence-electron chi connectivity index (χ3n) is 4.11. The van der Waals surface area contributed by atoms with E-state index >= 15 is 0 Å². The molecule has 1 N–H and O–H groups in total. The van der Waals surface area contributed by atoms with E-state index in [2.05, 4.69) is 28.7 Å². The Labute approximate surface area is 126 Å². The van der Waals surface area contributed by atoms with Crippen molar-refractivity contribution in [3.05, 3.63) is 23.3 Å². The number of aromatic nitrogens is 2. The number of piperidine rings is 1. The van der Waals surface area contributed by atoms with Crippen LogP contribution in [0.25, 0.3) is 0 Å². The summed E-state index contributed by atoms with van der Waals surface area (Å²) in [7, 11) is 0. The number of rotatable bonds is 5. The molecule has 2 rings (SSSR count). The predicted octanol–water partition coefficient (Wildman–Crippen LogP) is 2.39. The molecule has 0 aliphatic carbocycles. The standard InChI is InChI=1S/C16H25N3O2/c1-11(2)19-8-4-5-13(10-19)15-9-14(6-7-16(20)21)17-12(3)18-15/h9,11,13H,4-8,10H2,1-3H3,(H,20,21)/t13-/m1/s1. The highest BCUT2D eigenvalue weighted by Gasteiger charge is 2.24. The fraction of sp³-hybridized carbons (Fsp3) is 0.688. The largest absolute Gasteiger partial charge is 0.481 e. The number of carboxylic acid groups (broad SMARTS) is 1. The molecule has 0 bridgehead atoms. The first kappa shape index (κ1) is 15.9. The van der Waals surface area contributed by atoms with E-state index in [1.54, 1.807) is 0 Å². The van der Waals surface area contributed by atoms with Crippen LogP contribution in [0.2, 0.25) is 0 Å². The highest BCUT2D eigenvalue weighted by atomic mass is 16.4. The van der Waals surface area contributed by atoms with Gasteiger partial charge in [0.15, 0.2) is 0 Å². The summed E-state index contributed by atoms with van der Waals surface area (Å²) in [5, 5.41) is 8.81. The van der Waals surface area contributed by atoms with Crippen molar-refractivity contribution in [2.45, 2.75) is 58.4 Å². The molecule has 2 heterocycles. The van der Waals surface area contributed by atoms with E-state index < -0.39 is 5.97 Å². The Morgan fingerprint density at radius 2 is 2.24 bits per heavy atom. The molecule has 1 aromatic heterocycles. The molecule has 5 heteroatoms. The number of carboxylic acids is 1. The zero-order valence-corrected chi connectivity index (χ0v) is 13.2. The van der Waals surface area contributed by atoms with Gasteiger partial charge in [-0.3, -0.25) is 4.79 Å². The van der Waals surface area contributed by atoms with Crippen LogP contribution < -0.4 is 0 Å². The minimum atomic E-state index is -0.781. The number of carbonyl (C=O) groups is 1. The number of aliphatic carboxylic acids is 1. The smallest absolute Gasteiger partial charge is 0.303 e. The van der Waals surface area contributed by atoms with Crippen molar-refractivity contribution in [1.82, 2.24) is 14.9 Å². The van der Waals surface area contributed by atoms with E-state index in [0.29, 0.717) is 18.4 Å². The summed E-state index contributed by atoms with van der Waals surface area (Å²) in [6.07, 6.45) is 2.94. The monoisotopic (exact) mass is 291 g/mol. The number of likely N-dealkylation sites (tertiary alicyclic amines) is 1. The van der Waals surface area contributed by atoms with E-state index in [-0.39, 0.29) is 6.42 Å². The van der Waals surface area contributed by atoms with Crippen LogP contribution in [0, 0.1) is 6.92 Å². The molecule has 1 aliphatic rings. The predicted molar refractivity (Wildman–Crippen MR) is 81.4 cm³/mol. The van der Waals surface area contributed by atoms with Gasteiger partial charge in [-0.05, 0) is 46.2 Å². The maximum Gasteiger partial charge on any atom is 0.303 e. The molecule has 1 aliphatic heterocycles. The van der Waals surface area contributed by atoms with Crippen LogP contribution in [0.5, 0.6) is 0 Å². The van der Waals surface area contributed by atoms with Crippen molar-refractivity contribution in [2.24, 2.45) is 0 Å². The first-order valence-corrected chi connectivity index (χ1v) is 7.76. The maximum absolute atomic E-state index is 10.7. The highest BCUT2D eigenvalue weighted by molar-refractivity contribution is 5.66. The molecule has 0 unspecified atom stereocenters. The van der Waals surface area contributed by atoms with Gasteiger partial charge in [-0.2, -0.15) is 0 Å². The molecule has 1 saturated heterocycles. The summed E-state index contributed by atoms with van der Waals surface area (Å²) in [5.41, 5.74) is 1.93. The second-order valence-corrected chi connectivity index (χ2v) is 6.15. The molecule has 0 saturated carbocycles. The van der Waals surface area contributed by atoms with E-state index in [0.717, 1.165) is 36.7 Å². The molecular weight excluding hydrogens is 266 g/mol. The first-order valence-electron chi connectivity index (χ1n) is 7.76. The molecule has 0 amide bonds. The highest BCUT2D eigenvalue weighted by Crippen LogP contribution is 2.27. The van der Waals surface area contributed by atoms with Crippen LogP contribution in [-0.4, -0.2) is 45.1 Å². The molecule has 116 valence electrons. The zero-order chi connectivity index (χ0) is 15.4. The molecule has 0 radical (unpaired) electrons. The fourth-order valence-electron chi connectivity index (χ4n) is 2.94. The van der Waals surface area contributed by atoms with Gasteiger partial charge in [0.05, 0.1) is 6.42 Å². The van der Waals surface area contributed by atoms with Crippen LogP contribution in [0.4, 0.5) is 0 Å². The SMILES string of the molecule is Cc1nc(CCC(=O)O)cc([C@@H]2CCCN(C(C)C)C2)n1. The Morgan fingerprint density at radius 1 is 1.48 bits per heavy atom. The lowest BCUT2D eigenvalue weighted by atomic mass is 9.93. The molecular formula is C16H25N3O2. The lowest BCUT2D eigenvalue weighted by Gasteiger charge is -2.35. The minimum absolute atomic E-state index is 0.124. The number of hydrogen-bond donors (Lipinski definition) is 1. The molecule has 5 nitrogen and oxygen atoms in total. The summed E-state index contributed by atoms with van der Waals surface area (Å²) in [5.74, 6) is 0.400. The topological polar surface area (TPSA) is 66.3 Å². The van der Waals surface area contributed by atoms with Crippen molar-refractivity contribution >= 4 is 5.97 Å². The Kier molecular flexibility index (Phi) is 5.28. The maximum atomic E-state index is 10.7. The number of nitrogens with zero attached hydrogens (tertiary/aromatic N) is 3. The Bertz CT molecular complexity index is 502. The van der Waals surface area contributed by atoms with E-state index in [9.17, 15) is 4.79 Å². The van der Waals surface area contributed by atoms with Crippen LogP contribution >= 0.6 is 0 Å². The zero-order valence-electron chi connectivity index (χ0n) is 13.2. The van der Waals surface area contributed by atoms with Crippen molar-refractivity contribution in [2.75, 3.05) is 13.1 Å². The second-order valence-electron chi connectivity index (χ2n) is 6.15. The van der Waals surface area contributed by atoms with E-state index in [1.165, 1.54) is 6.42 Å². The summed E-state index contributed by atoms with van der Waals surface area (Å²) in [6.45, 7) is 8.53. The Morgan fingerprint density at radius 3 is 2.90 bits per heavy atom. The average Bonchev–Trinajstić information content (AvgIpc) is 2.44. The quantitative estimate of drug-likeness (QED) is 0.902. The van der Waals surface area contributed by atoms with Gasteiger partial charge in [-0.15, -0.1) is 0 Å². The fourth-order valence-corrected chi connectivity index (χ4v) is 2.94. The van der Waals surface area contributed by atoms with Gasteiger partial charge >= 0.3 is 5.97 Å². The van der Waals surface area contributed by atoms with Gasteiger partial charge < -0.3 is 10.0 Å². The Hall–Kier alpha value is -1.49. The van der Waals surface area contributed by atoms with E-state index in [4.69, 9.17) is 5.11 Å². The van der Waals surface area contributed by atoms with Gasteiger partial charge in [-0.25, -0.2) is 9.97 Å². The van der Waals surface area contributed by atoms with E-state index in [1.807, 2.05) is 13.0 Å². The third kappa shape index (κ3) is 4.49.